The van der Waals surface area contributed by atoms with Crippen molar-refractivity contribution in [2.45, 2.75) is 36.9 Å². The van der Waals surface area contributed by atoms with Crippen LogP contribution in [0, 0.1) is 6.92 Å². The van der Waals surface area contributed by atoms with E-state index < -0.39 is 0 Å². The van der Waals surface area contributed by atoms with E-state index in [2.05, 4.69) is 25.5 Å². The Bertz CT molecular complexity index is 578. The summed E-state index contributed by atoms with van der Waals surface area (Å²) in [5.74, 6) is 7.13. The molecule has 3 N–H and O–H groups in total. The third kappa shape index (κ3) is 2.85. The second kappa shape index (κ2) is 5.54. The zero-order valence-corrected chi connectivity index (χ0v) is 12.2. The van der Waals surface area contributed by atoms with Crippen molar-refractivity contribution in [2.75, 3.05) is 5.43 Å². The molecule has 8 heteroatoms. The Balaban J connectivity index is 2.43. The standard InChI is InChI=1S/C11H17N7S/c1-6(2)8-15-9(17-12)7(3)10(16-8)19-11-13-5-14-18(11)4/h5-6H,12H2,1-4H3,(H,15,16,17). The molecule has 2 rings (SSSR count). The molecule has 0 aromatic carbocycles. The van der Waals surface area contributed by atoms with Crippen LogP contribution in [0.2, 0.25) is 0 Å². The highest BCUT2D eigenvalue weighted by Crippen LogP contribution is 2.30. The average Bonchev–Trinajstić information content (AvgIpc) is 2.77. The number of nitrogens with two attached hydrogens (primary N) is 1. The SMILES string of the molecule is Cc1c(NN)nc(C(C)C)nc1Sc1ncnn1C. The lowest BCUT2D eigenvalue weighted by Gasteiger charge is -2.12. The fourth-order valence-corrected chi connectivity index (χ4v) is 2.32. The van der Waals surface area contributed by atoms with Gasteiger partial charge in [0.2, 0.25) is 0 Å². The Morgan fingerprint density at radius 3 is 2.63 bits per heavy atom. The molecule has 0 spiro atoms. The van der Waals surface area contributed by atoms with Crippen LogP contribution in [0.3, 0.4) is 0 Å². The molecule has 0 amide bonds. The highest BCUT2D eigenvalue weighted by molar-refractivity contribution is 7.99. The number of anilines is 1. The molecule has 0 saturated heterocycles. The maximum absolute atomic E-state index is 5.51. The molecule has 19 heavy (non-hydrogen) atoms. The second-order valence-electron chi connectivity index (χ2n) is 4.43. The minimum Gasteiger partial charge on any atom is -0.308 e. The van der Waals surface area contributed by atoms with Crippen molar-refractivity contribution >= 4 is 17.6 Å². The summed E-state index contributed by atoms with van der Waals surface area (Å²) >= 11 is 1.45. The Morgan fingerprint density at radius 1 is 1.37 bits per heavy atom. The second-order valence-corrected chi connectivity index (χ2v) is 5.38. The Hall–Kier alpha value is -1.67. The number of rotatable bonds is 4. The lowest BCUT2D eigenvalue weighted by Crippen LogP contribution is -2.13. The van der Waals surface area contributed by atoms with E-state index in [9.17, 15) is 0 Å². The van der Waals surface area contributed by atoms with Crippen molar-refractivity contribution in [1.29, 1.82) is 0 Å². The summed E-state index contributed by atoms with van der Waals surface area (Å²) in [6, 6.07) is 0. The smallest absolute Gasteiger partial charge is 0.192 e. The lowest BCUT2D eigenvalue weighted by molar-refractivity contribution is 0.683. The van der Waals surface area contributed by atoms with Gasteiger partial charge in [-0.2, -0.15) is 5.10 Å². The Morgan fingerprint density at radius 2 is 2.11 bits per heavy atom. The van der Waals surface area contributed by atoms with E-state index in [1.54, 1.807) is 4.68 Å². The number of hydrazine groups is 1. The minimum absolute atomic E-state index is 0.228. The van der Waals surface area contributed by atoms with Crippen molar-refractivity contribution in [3.05, 3.63) is 17.7 Å². The number of hydrogen-bond donors (Lipinski definition) is 2. The summed E-state index contributed by atoms with van der Waals surface area (Å²) in [6.07, 6.45) is 1.52. The van der Waals surface area contributed by atoms with Gasteiger partial charge in [-0.05, 0) is 18.7 Å². The van der Waals surface area contributed by atoms with Gasteiger partial charge in [-0.1, -0.05) is 13.8 Å². The number of nitrogen functional groups attached to an aromatic ring is 1. The van der Waals surface area contributed by atoms with Crippen LogP contribution >= 0.6 is 11.8 Å². The first kappa shape index (κ1) is 13.8. The largest absolute Gasteiger partial charge is 0.308 e. The third-order valence-electron chi connectivity index (χ3n) is 2.63. The Kier molecular flexibility index (Phi) is 4.01. The number of aryl methyl sites for hydroxylation is 1. The first-order valence-electron chi connectivity index (χ1n) is 5.90. The van der Waals surface area contributed by atoms with Crippen molar-refractivity contribution in [1.82, 2.24) is 24.7 Å². The molecule has 0 radical (unpaired) electrons. The molecule has 0 saturated carbocycles. The summed E-state index contributed by atoms with van der Waals surface area (Å²) in [5.41, 5.74) is 3.52. The highest BCUT2D eigenvalue weighted by Gasteiger charge is 2.15. The van der Waals surface area contributed by atoms with Crippen molar-refractivity contribution in [3.63, 3.8) is 0 Å². The molecular weight excluding hydrogens is 262 g/mol. The van der Waals surface area contributed by atoms with Crippen LogP contribution < -0.4 is 11.3 Å². The first-order valence-corrected chi connectivity index (χ1v) is 6.71. The number of hydrogen-bond acceptors (Lipinski definition) is 7. The highest BCUT2D eigenvalue weighted by atomic mass is 32.2. The number of aromatic nitrogens is 5. The normalized spacial score (nSPS) is 11.1. The summed E-state index contributed by atoms with van der Waals surface area (Å²) in [4.78, 5) is 13.2. The molecule has 0 unspecified atom stereocenters. The molecule has 0 atom stereocenters. The van der Waals surface area contributed by atoms with Crippen LogP contribution in [0.25, 0.3) is 0 Å². The molecule has 0 aliphatic rings. The van der Waals surface area contributed by atoms with Gasteiger partial charge in [-0.25, -0.2) is 25.5 Å². The van der Waals surface area contributed by atoms with Gasteiger partial charge in [0.15, 0.2) is 5.16 Å². The van der Waals surface area contributed by atoms with E-state index in [-0.39, 0.29) is 5.92 Å². The monoisotopic (exact) mass is 279 g/mol. The molecule has 2 heterocycles. The van der Waals surface area contributed by atoms with Crippen LogP contribution in [0.1, 0.15) is 31.2 Å². The quantitative estimate of drug-likeness (QED) is 0.497. The lowest BCUT2D eigenvalue weighted by atomic mass is 10.2. The molecular formula is C11H17N7S. The van der Waals surface area contributed by atoms with Gasteiger partial charge in [-0.3, -0.25) is 0 Å². The van der Waals surface area contributed by atoms with Gasteiger partial charge in [-0.15, -0.1) is 0 Å². The van der Waals surface area contributed by atoms with Gasteiger partial charge in [0, 0.05) is 18.5 Å². The first-order chi connectivity index (χ1) is 9.02. The van der Waals surface area contributed by atoms with Crippen molar-refractivity contribution in [2.24, 2.45) is 12.9 Å². The summed E-state index contributed by atoms with van der Waals surface area (Å²) in [6.45, 7) is 6.02. The maximum atomic E-state index is 5.51. The Labute approximate surface area is 116 Å². The molecule has 0 aliphatic heterocycles. The van der Waals surface area contributed by atoms with Crippen LogP contribution in [0.4, 0.5) is 5.82 Å². The average molecular weight is 279 g/mol. The zero-order valence-electron chi connectivity index (χ0n) is 11.4. The topological polar surface area (TPSA) is 94.5 Å². The molecule has 7 nitrogen and oxygen atoms in total. The van der Waals surface area contributed by atoms with Crippen molar-refractivity contribution < 1.29 is 0 Å². The van der Waals surface area contributed by atoms with Gasteiger partial charge in [0.1, 0.15) is 23.0 Å². The summed E-state index contributed by atoms with van der Waals surface area (Å²) < 4.78 is 1.71. The zero-order chi connectivity index (χ0) is 14.0. The molecule has 2 aromatic heterocycles. The maximum Gasteiger partial charge on any atom is 0.192 e. The molecule has 102 valence electrons. The number of nitrogens with zero attached hydrogens (tertiary/aromatic N) is 5. The van der Waals surface area contributed by atoms with Gasteiger partial charge < -0.3 is 5.43 Å². The molecule has 0 bridgehead atoms. The minimum atomic E-state index is 0.228. The fourth-order valence-electron chi connectivity index (χ4n) is 1.48. The van der Waals surface area contributed by atoms with Crippen LogP contribution in [0.5, 0.6) is 0 Å². The van der Waals surface area contributed by atoms with Gasteiger partial charge in [0.25, 0.3) is 0 Å². The van der Waals surface area contributed by atoms with Crippen LogP contribution in [-0.2, 0) is 7.05 Å². The molecule has 0 fully saturated rings. The van der Waals surface area contributed by atoms with Crippen LogP contribution in [-0.4, -0.2) is 24.7 Å². The summed E-state index contributed by atoms with van der Waals surface area (Å²) in [7, 11) is 1.84. The van der Waals surface area contributed by atoms with Crippen molar-refractivity contribution in [3.8, 4) is 0 Å². The third-order valence-corrected chi connectivity index (χ3v) is 3.77. The van der Waals surface area contributed by atoms with E-state index >= 15 is 0 Å². The van der Waals surface area contributed by atoms with Gasteiger partial charge in [0.05, 0.1) is 0 Å². The predicted octanol–water partition coefficient (Wildman–Crippen LogP) is 1.47. The van der Waals surface area contributed by atoms with E-state index in [0.29, 0.717) is 5.82 Å². The van der Waals surface area contributed by atoms with Crippen LogP contribution in [0.15, 0.2) is 16.5 Å². The molecule has 2 aromatic rings. The predicted molar refractivity (Wildman–Crippen MR) is 73.8 cm³/mol. The number of nitrogens with one attached hydrogen (secondary N) is 1. The summed E-state index contributed by atoms with van der Waals surface area (Å²) in [5, 5.41) is 5.66. The van der Waals surface area contributed by atoms with E-state index in [4.69, 9.17) is 5.84 Å². The van der Waals surface area contributed by atoms with E-state index in [0.717, 1.165) is 21.6 Å². The van der Waals surface area contributed by atoms with E-state index in [1.807, 2.05) is 27.8 Å². The van der Waals surface area contributed by atoms with E-state index in [1.165, 1.54) is 18.1 Å². The van der Waals surface area contributed by atoms with Gasteiger partial charge >= 0.3 is 0 Å². The molecule has 0 aliphatic carbocycles. The fraction of sp³-hybridized carbons (Fsp3) is 0.455.